The predicted octanol–water partition coefficient (Wildman–Crippen LogP) is 4.91. The number of amides is 1. The minimum Gasteiger partial charge on any atom is -0.343 e. The Morgan fingerprint density at radius 3 is 2.71 bits per heavy atom. The van der Waals surface area contributed by atoms with E-state index in [2.05, 4.69) is 41.8 Å². The summed E-state index contributed by atoms with van der Waals surface area (Å²) < 4.78 is 1.85. The second kappa shape index (κ2) is 7.07. The Labute approximate surface area is 150 Å². The predicted molar refractivity (Wildman–Crippen MR) is 102 cm³/mol. The largest absolute Gasteiger partial charge is 0.343 e. The van der Waals surface area contributed by atoms with Crippen LogP contribution in [0.25, 0.3) is 10.2 Å². The lowest BCUT2D eigenvalue weighted by Crippen LogP contribution is -2.32. The molecule has 3 rings (SSSR count). The standard InChI is InChI=1S/C18H23N3OS2/c1-5-12(6-2)16(14-8-7-9-23-14)19-17(22)15-10-13-11(3)20-21(4)18(13)24-15/h7-10,12,16H,5-6H2,1-4H3,(H,19,22). The lowest BCUT2D eigenvalue weighted by atomic mass is 9.93. The summed E-state index contributed by atoms with van der Waals surface area (Å²) >= 11 is 3.22. The monoisotopic (exact) mass is 361 g/mol. The summed E-state index contributed by atoms with van der Waals surface area (Å²) in [6, 6.07) is 6.22. The highest BCUT2D eigenvalue weighted by molar-refractivity contribution is 7.20. The highest BCUT2D eigenvalue weighted by Gasteiger charge is 2.25. The van der Waals surface area contributed by atoms with Crippen LogP contribution in [-0.2, 0) is 7.05 Å². The molecule has 1 unspecified atom stereocenters. The molecule has 3 aromatic rings. The third kappa shape index (κ3) is 3.13. The number of aromatic nitrogens is 2. The van der Waals surface area contributed by atoms with Gasteiger partial charge in [-0.1, -0.05) is 32.8 Å². The van der Waals surface area contributed by atoms with Gasteiger partial charge in [0.2, 0.25) is 0 Å². The summed E-state index contributed by atoms with van der Waals surface area (Å²) in [6.07, 6.45) is 2.10. The van der Waals surface area contributed by atoms with Gasteiger partial charge in [0.15, 0.2) is 0 Å². The van der Waals surface area contributed by atoms with Gasteiger partial charge in [-0.2, -0.15) is 5.10 Å². The lowest BCUT2D eigenvalue weighted by Gasteiger charge is -2.25. The molecular formula is C18H23N3OS2. The van der Waals surface area contributed by atoms with Crippen molar-refractivity contribution in [2.45, 2.75) is 39.7 Å². The van der Waals surface area contributed by atoms with Gasteiger partial charge in [-0.05, 0) is 30.4 Å². The minimum absolute atomic E-state index is 0.0147. The van der Waals surface area contributed by atoms with E-state index in [-0.39, 0.29) is 11.9 Å². The van der Waals surface area contributed by atoms with Crippen molar-refractivity contribution in [1.82, 2.24) is 15.1 Å². The molecule has 24 heavy (non-hydrogen) atoms. The Hall–Kier alpha value is -1.66. The molecule has 3 aromatic heterocycles. The van der Waals surface area contributed by atoms with Crippen LogP contribution in [0.15, 0.2) is 23.6 Å². The Kier molecular flexibility index (Phi) is 5.06. The van der Waals surface area contributed by atoms with Crippen LogP contribution in [0.5, 0.6) is 0 Å². The molecule has 0 saturated carbocycles. The van der Waals surface area contributed by atoms with Gasteiger partial charge < -0.3 is 5.32 Å². The van der Waals surface area contributed by atoms with Crippen LogP contribution in [0.1, 0.15) is 53.0 Å². The molecule has 1 amide bonds. The fraction of sp³-hybridized carbons (Fsp3) is 0.444. The Balaban J connectivity index is 1.88. The van der Waals surface area contributed by atoms with Gasteiger partial charge in [0.25, 0.3) is 5.91 Å². The number of rotatable bonds is 6. The topological polar surface area (TPSA) is 46.9 Å². The average Bonchev–Trinajstić information content (AvgIpc) is 3.28. The van der Waals surface area contributed by atoms with Crippen molar-refractivity contribution in [3.05, 3.63) is 39.0 Å². The van der Waals surface area contributed by atoms with Crippen molar-refractivity contribution in [3.8, 4) is 0 Å². The summed E-state index contributed by atoms with van der Waals surface area (Å²) in [5, 5.41) is 10.8. The number of hydrogen-bond donors (Lipinski definition) is 1. The Morgan fingerprint density at radius 1 is 1.38 bits per heavy atom. The van der Waals surface area contributed by atoms with Crippen LogP contribution >= 0.6 is 22.7 Å². The third-order valence-electron chi connectivity index (χ3n) is 4.58. The van der Waals surface area contributed by atoms with E-state index in [0.717, 1.165) is 33.6 Å². The molecule has 0 bridgehead atoms. The van der Waals surface area contributed by atoms with E-state index in [9.17, 15) is 4.79 Å². The maximum Gasteiger partial charge on any atom is 0.261 e. The van der Waals surface area contributed by atoms with E-state index in [1.54, 1.807) is 11.3 Å². The summed E-state index contributed by atoms with van der Waals surface area (Å²) in [4.78, 5) is 15.9. The van der Waals surface area contributed by atoms with Crippen molar-refractivity contribution >= 4 is 38.8 Å². The Bertz CT molecular complexity index is 794. The van der Waals surface area contributed by atoms with Crippen LogP contribution in [-0.4, -0.2) is 15.7 Å². The van der Waals surface area contributed by atoms with E-state index in [0.29, 0.717) is 5.92 Å². The number of carbonyl (C=O) groups excluding carboxylic acids is 1. The van der Waals surface area contributed by atoms with Gasteiger partial charge in [-0.25, -0.2) is 0 Å². The zero-order chi connectivity index (χ0) is 17.3. The van der Waals surface area contributed by atoms with Gasteiger partial charge in [0, 0.05) is 17.3 Å². The van der Waals surface area contributed by atoms with Crippen LogP contribution in [0, 0.1) is 12.8 Å². The van der Waals surface area contributed by atoms with Gasteiger partial charge in [0.1, 0.15) is 4.83 Å². The third-order valence-corrected chi connectivity index (χ3v) is 6.73. The van der Waals surface area contributed by atoms with E-state index >= 15 is 0 Å². The number of nitrogens with one attached hydrogen (secondary N) is 1. The van der Waals surface area contributed by atoms with E-state index < -0.39 is 0 Å². The van der Waals surface area contributed by atoms with Crippen LogP contribution < -0.4 is 5.32 Å². The molecular weight excluding hydrogens is 338 g/mol. The molecule has 0 radical (unpaired) electrons. The quantitative estimate of drug-likeness (QED) is 0.678. The van der Waals surface area contributed by atoms with Gasteiger partial charge in [-0.15, -0.1) is 22.7 Å². The maximum absolute atomic E-state index is 12.9. The molecule has 0 aromatic carbocycles. The van der Waals surface area contributed by atoms with Crippen LogP contribution in [0.2, 0.25) is 0 Å². The molecule has 128 valence electrons. The first-order valence-corrected chi connectivity index (χ1v) is 10.0. The number of hydrogen-bond acceptors (Lipinski definition) is 4. The van der Waals surface area contributed by atoms with Crippen molar-refractivity contribution in [1.29, 1.82) is 0 Å². The van der Waals surface area contributed by atoms with E-state index in [4.69, 9.17) is 0 Å². The summed E-state index contributed by atoms with van der Waals surface area (Å²) in [6.45, 7) is 6.36. The van der Waals surface area contributed by atoms with Crippen molar-refractivity contribution in [2.24, 2.45) is 13.0 Å². The molecule has 0 fully saturated rings. The highest BCUT2D eigenvalue weighted by Crippen LogP contribution is 2.32. The van der Waals surface area contributed by atoms with Crippen molar-refractivity contribution < 1.29 is 4.79 Å². The first-order valence-electron chi connectivity index (χ1n) is 8.32. The Morgan fingerprint density at radius 2 is 2.12 bits per heavy atom. The number of aryl methyl sites for hydroxylation is 2. The van der Waals surface area contributed by atoms with Crippen molar-refractivity contribution in [3.63, 3.8) is 0 Å². The summed E-state index contributed by atoms with van der Waals surface area (Å²) in [5.74, 6) is 0.464. The van der Waals surface area contributed by atoms with Gasteiger partial charge >= 0.3 is 0 Å². The number of thiophene rings is 2. The highest BCUT2D eigenvalue weighted by atomic mass is 32.1. The fourth-order valence-electron chi connectivity index (χ4n) is 3.18. The molecule has 3 heterocycles. The molecule has 4 nitrogen and oxygen atoms in total. The van der Waals surface area contributed by atoms with Crippen molar-refractivity contribution in [2.75, 3.05) is 0 Å². The molecule has 0 aliphatic carbocycles. The number of fused-ring (bicyclic) bond motifs is 1. The summed E-state index contributed by atoms with van der Waals surface area (Å²) in [7, 11) is 1.92. The van der Waals surface area contributed by atoms with Crippen LogP contribution in [0.3, 0.4) is 0 Å². The van der Waals surface area contributed by atoms with E-state index in [1.807, 2.05) is 24.7 Å². The second-order valence-corrected chi connectivity index (χ2v) is 8.09. The van der Waals surface area contributed by atoms with E-state index in [1.165, 1.54) is 16.2 Å². The molecule has 0 saturated heterocycles. The zero-order valence-electron chi connectivity index (χ0n) is 14.5. The molecule has 6 heteroatoms. The first-order chi connectivity index (χ1) is 11.5. The summed E-state index contributed by atoms with van der Waals surface area (Å²) in [5.41, 5.74) is 0.970. The average molecular weight is 362 g/mol. The zero-order valence-corrected chi connectivity index (χ0v) is 16.1. The number of carbonyl (C=O) groups is 1. The van der Waals surface area contributed by atoms with Gasteiger partial charge in [0.05, 0.1) is 16.6 Å². The maximum atomic E-state index is 12.9. The molecule has 0 aliphatic heterocycles. The van der Waals surface area contributed by atoms with Crippen LogP contribution in [0.4, 0.5) is 0 Å². The fourth-order valence-corrected chi connectivity index (χ4v) is 5.07. The SMILES string of the molecule is CCC(CC)C(NC(=O)c1cc2c(C)nn(C)c2s1)c1cccs1. The van der Waals surface area contributed by atoms with Gasteiger partial charge in [-0.3, -0.25) is 9.48 Å². The lowest BCUT2D eigenvalue weighted by molar-refractivity contribution is 0.0925. The molecule has 0 aliphatic rings. The normalized spacial score (nSPS) is 12.9. The number of nitrogens with zero attached hydrogens (tertiary/aromatic N) is 2. The molecule has 1 N–H and O–H groups in total. The molecule has 0 spiro atoms. The minimum atomic E-state index is 0.0147. The second-order valence-electron chi connectivity index (χ2n) is 6.08. The first kappa shape index (κ1) is 17.2. The molecule has 1 atom stereocenters. The smallest absolute Gasteiger partial charge is 0.261 e.